The first-order chi connectivity index (χ1) is 11.2. The summed E-state index contributed by atoms with van der Waals surface area (Å²) < 4.78 is 33.0. The molecule has 0 unspecified atom stereocenters. The van der Waals surface area contributed by atoms with Gasteiger partial charge in [-0.3, -0.25) is 9.59 Å². The largest absolute Gasteiger partial charge is 0.497 e. The summed E-state index contributed by atoms with van der Waals surface area (Å²) in [5, 5.41) is 2.63. The van der Waals surface area contributed by atoms with Crippen molar-refractivity contribution in [3.8, 4) is 5.75 Å². The molecule has 8 heteroatoms. The number of amides is 1. The molecular weight excluding hydrogens is 334 g/mol. The van der Waals surface area contributed by atoms with Crippen LogP contribution in [0.1, 0.15) is 18.9 Å². The number of rotatable bonds is 6. The molecule has 2 rings (SSSR count). The predicted octanol–water partition coefficient (Wildman–Crippen LogP) is 0.474. The normalized spacial score (nSPS) is 21.9. The summed E-state index contributed by atoms with van der Waals surface area (Å²) >= 11 is 0. The highest BCUT2D eigenvalue weighted by Gasteiger charge is 2.39. The average molecular weight is 355 g/mol. The number of esters is 1. The van der Waals surface area contributed by atoms with Crippen molar-refractivity contribution in [3.63, 3.8) is 0 Å². The van der Waals surface area contributed by atoms with Gasteiger partial charge in [-0.2, -0.15) is 0 Å². The van der Waals surface area contributed by atoms with Gasteiger partial charge in [0.05, 0.1) is 30.6 Å². The van der Waals surface area contributed by atoms with Gasteiger partial charge in [0.25, 0.3) is 5.91 Å². The van der Waals surface area contributed by atoms with E-state index in [1.807, 2.05) is 0 Å². The van der Waals surface area contributed by atoms with Crippen LogP contribution >= 0.6 is 0 Å². The molecule has 1 N–H and O–H groups in total. The van der Waals surface area contributed by atoms with Crippen LogP contribution in [0, 0.1) is 0 Å². The summed E-state index contributed by atoms with van der Waals surface area (Å²) in [5.41, 5.74) is -0.0479. The Morgan fingerprint density at radius 2 is 1.92 bits per heavy atom. The van der Waals surface area contributed by atoms with Crippen LogP contribution in [0.2, 0.25) is 0 Å². The lowest BCUT2D eigenvalue weighted by Gasteiger charge is -2.23. The molecule has 0 bridgehead atoms. The number of carbonyl (C=O) groups is 2. The number of nitrogens with one attached hydrogen (secondary N) is 1. The second-order valence-electron chi connectivity index (χ2n) is 6.14. The van der Waals surface area contributed by atoms with Gasteiger partial charge in [-0.05, 0) is 31.0 Å². The molecule has 1 amide bonds. The Hall–Kier alpha value is -2.09. The molecule has 1 aliphatic heterocycles. The minimum absolute atomic E-state index is 0.0446. The van der Waals surface area contributed by atoms with Gasteiger partial charge in [-0.15, -0.1) is 0 Å². The molecular formula is C16H21NO6S. The molecule has 1 atom stereocenters. The lowest BCUT2D eigenvalue weighted by atomic mass is 10.0. The van der Waals surface area contributed by atoms with Crippen molar-refractivity contribution in [2.24, 2.45) is 0 Å². The fraction of sp³-hybridized carbons (Fsp3) is 0.500. The molecule has 1 aromatic carbocycles. The third-order valence-electron chi connectivity index (χ3n) is 3.82. The Morgan fingerprint density at radius 1 is 1.25 bits per heavy atom. The van der Waals surface area contributed by atoms with Gasteiger partial charge in [0, 0.05) is 0 Å². The number of benzene rings is 1. The maximum Gasteiger partial charge on any atom is 0.310 e. The third kappa shape index (κ3) is 5.23. The molecule has 0 saturated carbocycles. The zero-order chi connectivity index (χ0) is 17.8. The molecule has 0 spiro atoms. The predicted molar refractivity (Wildman–Crippen MR) is 87.5 cm³/mol. The van der Waals surface area contributed by atoms with Gasteiger partial charge in [-0.1, -0.05) is 12.1 Å². The summed E-state index contributed by atoms with van der Waals surface area (Å²) in [6, 6.07) is 6.95. The van der Waals surface area contributed by atoms with Crippen molar-refractivity contribution < 1.29 is 27.5 Å². The Balaban J connectivity index is 1.77. The van der Waals surface area contributed by atoms with E-state index in [1.165, 1.54) is 0 Å². The third-order valence-corrected chi connectivity index (χ3v) is 5.72. The van der Waals surface area contributed by atoms with E-state index in [0.29, 0.717) is 12.2 Å². The second-order valence-corrected chi connectivity index (χ2v) is 8.32. The van der Waals surface area contributed by atoms with Crippen LogP contribution in [0.25, 0.3) is 0 Å². The topological polar surface area (TPSA) is 98.8 Å². The Morgan fingerprint density at radius 3 is 2.46 bits per heavy atom. The summed E-state index contributed by atoms with van der Waals surface area (Å²) in [5.74, 6) is -0.379. The quantitative estimate of drug-likeness (QED) is 0.745. The van der Waals surface area contributed by atoms with Crippen LogP contribution < -0.4 is 10.1 Å². The van der Waals surface area contributed by atoms with E-state index in [9.17, 15) is 18.0 Å². The fourth-order valence-corrected chi connectivity index (χ4v) is 4.68. The van der Waals surface area contributed by atoms with E-state index in [4.69, 9.17) is 9.47 Å². The van der Waals surface area contributed by atoms with Crippen LogP contribution in [0.5, 0.6) is 5.75 Å². The van der Waals surface area contributed by atoms with Crippen molar-refractivity contribution in [3.05, 3.63) is 29.8 Å². The van der Waals surface area contributed by atoms with Crippen LogP contribution in [-0.2, 0) is 30.6 Å². The molecule has 1 aliphatic rings. The lowest BCUT2D eigenvalue weighted by Crippen LogP contribution is -2.48. The van der Waals surface area contributed by atoms with Crippen molar-refractivity contribution in [2.45, 2.75) is 25.3 Å². The molecule has 24 heavy (non-hydrogen) atoms. The van der Waals surface area contributed by atoms with Crippen molar-refractivity contribution in [1.29, 1.82) is 0 Å². The lowest BCUT2D eigenvalue weighted by molar-refractivity contribution is -0.148. The second kappa shape index (κ2) is 7.21. The number of methoxy groups -OCH3 is 1. The van der Waals surface area contributed by atoms with Crippen molar-refractivity contribution in [2.75, 3.05) is 25.2 Å². The molecule has 0 aliphatic carbocycles. The molecule has 0 radical (unpaired) electrons. The van der Waals surface area contributed by atoms with E-state index in [1.54, 1.807) is 38.3 Å². The van der Waals surface area contributed by atoms with Crippen LogP contribution in [-0.4, -0.2) is 51.1 Å². The number of sulfone groups is 1. The number of carbonyl (C=O) groups excluding carboxylic acids is 2. The minimum atomic E-state index is -3.11. The molecule has 1 heterocycles. The highest BCUT2D eigenvalue weighted by atomic mass is 32.2. The van der Waals surface area contributed by atoms with Gasteiger partial charge in [-0.25, -0.2) is 8.42 Å². The molecule has 132 valence electrons. The summed E-state index contributed by atoms with van der Waals surface area (Å²) in [4.78, 5) is 23.6. The van der Waals surface area contributed by atoms with Gasteiger partial charge in [0.15, 0.2) is 16.4 Å². The molecule has 1 saturated heterocycles. The monoisotopic (exact) mass is 355 g/mol. The van der Waals surface area contributed by atoms with E-state index in [2.05, 4.69) is 5.32 Å². The van der Waals surface area contributed by atoms with Gasteiger partial charge in [0.1, 0.15) is 5.75 Å². The smallest absolute Gasteiger partial charge is 0.310 e. The van der Waals surface area contributed by atoms with E-state index < -0.39 is 33.9 Å². The Kier molecular flexibility index (Phi) is 5.48. The number of hydrogen-bond acceptors (Lipinski definition) is 6. The summed E-state index contributed by atoms with van der Waals surface area (Å²) in [6.45, 7) is 1.25. The number of ether oxygens (including phenoxy) is 2. The summed E-state index contributed by atoms with van der Waals surface area (Å²) in [6.07, 6.45) is 0.407. The van der Waals surface area contributed by atoms with Crippen LogP contribution in [0.15, 0.2) is 24.3 Å². The molecule has 0 aromatic heterocycles. The maximum atomic E-state index is 11.9. The minimum Gasteiger partial charge on any atom is -0.497 e. The van der Waals surface area contributed by atoms with Gasteiger partial charge >= 0.3 is 5.97 Å². The number of hydrogen-bond donors (Lipinski definition) is 1. The maximum absolute atomic E-state index is 11.9. The summed E-state index contributed by atoms with van der Waals surface area (Å²) in [7, 11) is -1.56. The van der Waals surface area contributed by atoms with E-state index in [0.717, 1.165) is 5.56 Å². The fourth-order valence-electron chi connectivity index (χ4n) is 2.59. The van der Waals surface area contributed by atoms with Gasteiger partial charge < -0.3 is 14.8 Å². The van der Waals surface area contributed by atoms with Crippen LogP contribution in [0.4, 0.5) is 0 Å². The van der Waals surface area contributed by atoms with Gasteiger partial charge in [0.2, 0.25) is 0 Å². The highest BCUT2D eigenvalue weighted by Crippen LogP contribution is 2.22. The Bertz CT molecular complexity index is 713. The first-order valence-corrected chi connectivity index (χ1v) is 9.33. The van der Waals surface area contributed by atoms with E-state index >= 15 is 0 Å². The molecule has 1 aromatic rings. The molecule has 7 nitrogen and oxygen atoms in total. The van der Waals surface area contributed by atoms with Crippen molar-refractivity contribution >= 4 is 21.7 Å². The van der Waals surface area contributed by atoms with Crippen molar-refractivity contribution in [1.82, 2.24) is 5.32 Å². The molecule has 1 fully saturated rings. The zero-order valence-electron chi connectivity index (χ0n) is 13.7. The first kappa shape index (κ1) is 18.3. The van der Waals surface area contributed by atoms with E-state index in [-0.39, 0.29) is 17.9 Å². The standard InChI is InChI=1S/C16H21NO6S/c1-16(7-8-24(20,21)11-16)17-14(18)10-23-15(19)9-12-3-5-13(22-2)6-4-12/h3-6H,7-11H2,1-2H3,(H,17,18)/t16-/m1/s1. The zero-order valence-corrected chi connectivity index (χ0v) is 14.5. The SMILES string of the molecule is COc1ccc(CC(=O)OCC(=O)N[C@]2(C)CCS(=O)(=O)C2)cc1. The van der Waals surface area contributed by atoms with Crippen LogP contribution in [0.3, 0.4) is 0 Å². The highest BCUT2D eigenvalue weighted by molar-refractivity contribution is 7.91. The Labute approximate surface area is 141 Å². The first-order valence-electron chi connectivity index (χ1n) is 7.51. The average Bonchev–Trinajstić information content (AvgIpc) is 2.79.